The van der Waals surface area contributed by atoms with Crippen LogP contribution in [0.3, 0.4) is 0 Å². The van der Waals surface area contributed by atoms with Gasteiger partial charge in [-0.1, -0.05) is 24.3 Å². The summed E-state index contributed by atoms with van der Waals surface area (Å²) < 4.78 is 12.1. The molecule has 15 heavy (non-hydrogen) atoms. The van der Waals surface area contributed by atoms with Crippen molar-refractivity contribution in [2.45, 2.75) is 12.3 Å². The second-order valence-electron chi connectivity index (χ2n) is 4.69. The maximum absolute atomic E-state index is 12.1. The molecular formula is C12H17O2P. The molecule has 3 heteroatoms. The van der Waals surface area contributed by atoms with E-state index < -0.39 is 7.14 Å². The molecular weight excluding hydrogens is 207 g/mol. The lowest BCUT2D eigenvalue weighted by molar-refractivity contribution is 0.274. The molecule has 2 atom stereocenters. The van der Waals surface area contributed by atoms with E-state index in [1.165, 1.54) is 5.56 Å². The van der Waals surface area contributed by atoms with E-state index in [1.54, 1.807) is 0 Å². The van der Waals surface area contributed by atoms with Crippen molar-refractivity contribution >= 4 is 12.4 Å². The molecule has 0 aromatic heterocycles. The minimum absolute atomic E-state index is 0.247. The number of benzene rings is 1. The van der Waals surface area contributed by atoms with Crippen LogP contribution in [0.4, 0.5) is 0 Å². The summed E-state index contributed by atoms with van der Waals surface area (Å²) in [4.78, 5) is 0. The van der Waals surface area contributed by atoms with Crippen molar-refractivity contribution in [3.05, 3.63) is 29.8 Å². The van der Waals surface area contributed by atoms with Crippen molar-refractivity contribution in [3.8, 4) is 0 Å². The molecule has 0 bridgehead atoms. The lowest BCUT2D eigenvalue weighted by Crippen LogP contribution is -2.09. The SMILES string of the molecule is CP(C)(=O)c1ccccc1C1CC1CO. The van der Waals surface area contributed by atoms with Crippen molar-refractivity contribution in [1.29, 1.82) is 0 Å². The van der Waals surface area contributed by atoms with Gasteiger partial charge < -0.3 is 9.67 Å². The predicted octanol–water partition coefficient (Wildman–Crippen LogP) is 2.03. The molecule has 1 aliphatic rings. The molecule has 1 fully saturated rings. The lowest BCUT2D eigenvalue weighted by atomic mass is 10.1. The Morgan fingerprint density at radius 2 is 2.07 bits per heavy atom. The number of aliphatic hydroxyl groups is 1. The molecule has 0 amide bonds. The van der Waals surface area contributed by atoms with Gasteiger partial charge in [0.15, 0.2) is 0 Å². The van der Waals surface area contributed by atoms with Gasteiger partial charge in [0.2, 0.25) is 0 Å². The Hall–Kier alpha value is -0.590. The van der Waals surface area contributed by atoms with E-state index in [2.05, 4.69) is 6.07 Å². The van der Waals surface area contributed by atoms with Crippen LogP contribution in [0.5, 0.6) is 0 Å². The van der Waals surface area contributed by atoms with Gasteiger partial charge in [0, 0.05) is 11.9 Å². The fraction of sp³-hybridized carbons (Fsp3) is 0.500. The van der Waals surface area contributed by atoms with Gasteiger partial charge in [0.05, 0.1) is 0 Å². The Balaban J connectivity index is 2.36. The Bertz CT molecular complexity index is 408. The average molecular weight is 224 g/mol. The van der Waals surface area contributed by atoms with Gasteiger partial charge in [-0.25, -0.2) is 0 Å². The van der Waals surface area contributed by atoms with Gasteiger partial charge in [0.25, 0.3) is 0 Å². The summed E-state index contributed by atoms with van der Waals surface area (Å²) in [5.41, 5.74) is 1.19. The van der Waals surface area contributed by atoms with Gasteiger partial charge >= 0.3 is 0 Å². The van der Waals surface area contributed by atoms with Crippen molar-refractivity contribution in [2.75, 3.05) is 19.9 Å². The van der Waals surface area contributed by atoms with Gasteiger partial charge in [-0.2, -0.15) is 0 Å². The van der Waals surface area contributed by atoms with E-state index in [1.807, 2.05) is 31.5 Å². The van der Waals surface area contributed by atoms with Crippen LogP contribution in [0.1, 0.15) is 17.9 Å². The van der Waals surface area contributed by atoms with Crippen LogP contribution in [0.25, 0.3) is 0 Å². The summed E-state index contributed by atoms with van der Waals surface area (Å²) in [7, 11) is -2.19. The zero-order valence-corrected chi connectivity index (χ0v) is 10.1. The van der Waals surface area contributed by atoms with Crippen molar-refractivity contribution in [3.63, 3.8) is 0 Å². The molecule has 2 unspecified atom stereocenters. The second kappa shape index (κ2) is 3.77. The summed E-state index contributed by atoms with van der Waals surface area (Å²) in [6.45, 7) is 3.86. The standard InChI is InChI=1S/C12H17O2P/c1-15(2,14)12-6-4-3-5-10(12)11-7-9(11)8-13/h3-6,9,11,13H,7-8H2,1-2H3. The summed E-state index contributed by atoms with van der Waals surface area (Å²) >= 11 is 0. The molecule has 1 aromatic carbocycles. The highest BCUT2D eigenvalue weighted by Gasteiger charge is 2.39. The summed E-state index contributed by atoms with van der Waals surface area (Å²) in [6, 6.07) is 7.94. The third-order valence-corrected chi connectivity index (χ3v) is 4.64. The lowest BCUT2D eigenvalue weighted by Gasteiger charge is -2.12. The highest BCUT2D eigenvalue weighted by atomic mass is 31.2. The van der Waals surface area contributed by atoms with Gasteiger partial charge in [-0.05, 0) is 37.1 Å². The zero-order chi connectivity index (χ0) is 11.1. The molecule has 1 aliphatic carbocycles. The zero-order valence-electron chi connectivity index (χ0n) is 9.18. The van der Waals surface area contributed by atoms with E-state index in [-0.39, 0.29) is 6.61 Å². The highest BCUT2D eigenvalue weighted by molar-refractivity contribution is 7.70. The van der Waals surface area contributed by atoms with E-state index in [4.69, 9.17) is 5.11 Å². The van der Waals surface area contributed by atoms with Crippen LogP contribution >= 0.6 is 7.14 Å². The molecule has 0 radical (unpaired) electrons. The maximum Gasteiger partial charge on any atom is 0.110 e. The van der Waals surface area contributed by atoms with Crippen LogP contribution in [0.15, 0.2) is 24.3 Å². The number of rotatable bonds is 3. The monoisotopic (exact) mass is 224 g/mol. The summed E-state index contributed by atoms with van der Waals surface area (Å²) in [5.74, 6) is 0.817. The molecule has 0 spiro atoms. The topological polar surface area (TPSA) is 37.3 Å². The number of aliphatic hydroxyl groups excluding tert-OH is 1. The minimum Gasteiger partial charge on any atom is -0.396 e. The van der Waals surface area contributed by atoms with E-state index in [0.29, 0.717) is 11.8 Å². The smallest absolute Gasteiger partial charge is 0.110 e. The predicted molar refractivity (Wildman–Crippen MR) is 63.5 cm³/mol. The van der Waals surface area contributed by atoms with Gasteiger partial charge in [-0.15, -0.1) is 0 Å². The normalized spacial score (nSPS) is 25.3. The minimum atomic E-state index is -2.19. The molecule has 2 rings (SSSR count). The van der Waals surface area contributed by atoms with E-state index in [9.17, 15) is 4.57 Å². The van der Waals surface area contributed by atoms with E-state index in [0.717, 1.165) is 11.7 Å². The third kappa shape index (κ3) is 2.16. The molecule has 1 aromatic rings. The Morgan fingerprint density at radius 3 is 2.60 bits per heavy atom. The van der Waals surface area contributed by atoms with Gasteiger partial charge in [0.1, 0.15) is 7.14 Å². The Kier molecular flexibility index (Phi) is 2.74. The number of hydrogen-bond acceptors (Lipinski definition) is 2. The molecule has 1 N–H and O–H groups in total. The Morgan fingerprint density at radius 1 is 1.40 bits per heavy atom. The fourth-order valence-electron chi connectivity index (χ4n) is 2.12. The molecule has 0 aliphatic heterocycles. The van der Waals surface area contributed by atoms with Crippen LogP contribution in [0, 0.1) is 5.92 Å². The molecule has 1 saturated carbocycles. The molecule has 82 valence electrons. The largest absolute Gasteiger partial charge is 0.396 e. The van der Waals surface area contributed by atoms with Crippen LogP contribution in [0.2, 0.25) is 0 Å². The van der Waals surface area contributed by atoms with E-state index >= 15 is 0 Å². The van der Waals surface area contributed by atoms with Crippen molar-refractivity contribution in [1.82, 2.24) is 0 Å². The van der Waals surface area contributed by atoms with Crippen molar-refractivity contribution < 1.29 is 9.67 Å². The summed E-state index contributed by atoms with van der Waals surface area (Å²) in [6.07, 6.45) is 1.04. The average Bonchev–Trinajstić information content (AvgIpc) is 2.95. The second-order valence-corrected chi connectivity index (χ2v) is 7.88. The molecule has 0 saturated heterocycles. The Labute approximate surface area is 90.7 Å². The van der Waals surface area contributed by atoms with Gasteiger partial charge in [-0.3, -0.25) is 0 Å². The molecule has 2 nitrogen and oxygen atoms in total. The van der Waals surface area contributed by atoms with Crippen LogP contribution < -0.4 is 5.30 Å². The third-order valence-electron chi connectivity index (χ3n) is 3.07. The quantitative estimate of drug-likeness (QED) is 0.798. The summed E-state index contributed by atoms with van der Waals surface area (Å²) in [5, 5.41) is 10.1. The first-order valence-corrected chi connectivity index (χ1v) is 7.89. The molecule has 0 heterocycles. The first-order chi connectivity index (χ1) is 7.04. The first-order valence-electron chi connectivity index (χ1n) is 5.29. The highest BCUT2D eigenvalue weighted by Crippen LogP contribution is 2.49. The van der Waals surface area contributed by atoms with Crippen LogP contribution in [-0.4, -0.2) is 25.0 Å². The maximum atomic E-state index is 12.1. The van der Waals surface area contributed by atoms with Crippen LogP contribution in [-0.2, 0) is 4.57 Å². The first kappa shape index (κ1) is 10.9. The number of hydrogen-bond donors (Lipinski definition) is 1. The fourth-order valence-corrected chi connectivity index (χ4v) is 3.43. The van der Waals surface area contributed by atoms with Crippen molar-refractivity contribution in [2.24, 2.45) is 5.92 Å².